The lowest BCUT2D eigenvalue weighted by atomic mass is 10.0. The molecule has 1 aromatic rings. The van der Waals surface area contributed by atoms with Crippen LogP contribution in [0, 0.1) is 18.8 Å². The van der Waals surface area contributed by atoms with Crippen molar-refractivity contribution in [2.75, 3.05) is 6.54 Å². The van der Waals surface area contributed by atoms with E-state index in [9.17, 15) is 13.2 Å². The Morgan fingerprint density at radius 1 is 1.25 bits per heavy atom. The van der Waals surface area contributed by atoms with Gasteiger partial charge >= 0.3 is 0 Å². The molecule has 6 nitrogen and oxygen atoms in total. The molecule has 1 aromatic carbocycles. The van der Waals surface area contributed by atoms with Gasteiger partial charge < -0.3 is 0 Å². The van der Waals surface area contributed by atoms with Crippen molar-refractivity contribution in [2.24, 2.45) is 11.8 Å². The van der Waals surface area contributed by atoms with Crippen LogP contribution in [-0.4, -0.2) is 36.4 Å². The molecule has 2 N–H and O–H groups in total. The molecule has 1 rings (SSSR count). The van der Waals surface area contributed by atoms with Gasteiger partial charge in [-0.15, -0.1) is 0 Å². The molecule has 0 fully saturated rings. The molecule has 0 bridgehead atoms. The number of hydrogen-bond donors (Lipinski definition) is 2. The van der Waals surface area contributed by atoms with Gasteiger partial charge in [-0.1, -0.05) is 39.8 Å². The molecule has 136 valence electrons. The summed E-state index contributed by atoms with van der Waals surface area (Å²) in [6, 6.07) is 5.64. The number of amides is 1. The van der Waals surface area contributed by atoms with Gasteiger partial charge in [0, 0.05) is 6.54 Å². The highest BCUT2D eigenvalue weighted by Gasteiger charge is 2.37. The number of aryl methyl sites for hydroxylation is 1. The van der Waals surface area contributed by atoms with Crippen LogP contribution in [0.25, 0.3) is 0 Å². The van der Waals surface area contributed by atoms with Gasteiger partial charge in [0.1, 0.15) is 6.04 Å². The Kier molecular flexibility index (Phi) is 7.38. The summed E-state index contributed by atoms with van der Waals surface area (Å²) in [5, 5.41) is 9.04. The number of sulfonamides is 1. The van der Waals surface area contributed by atoms with Gasteiger partial charge in [0.15, 0.2) is 0 Å². The fourth-order valence-electron chi connectivity index (χ4n) is 2.54. The van der Waals surface area contributed by atoms with Crippen LogP contribution >= 0.6 is 0 Å². The molecule has 0 saturated heterocycles. The van der Waals surface area contributed by atoms with E-state index in [1.807, 2.05) is 26.8 Å². The van der Waals surface area contributed by atoms with E-state index in [-0.39, 0.29) is 23.3 Å². The Balaban J connectivity index is 3.37. The van der Waals surface area contributed by atoms with Crippen LogP contribution in [0.1, 0.15) is 39.7 Å². The molecule has 0 aliphatic rings. The number of benzene rings is 1. The quantitative estimate of drug-likeness (QED) is 0.554. The van der Waals surface area contributed by atoms with Crippen molar-refractivity contribution in [1.29, 1.82) is 0 Å². The van der Waals surface area contributed by atoms with Crippen LogP contribution < -0.4 is 5.48 Å². The minimum atomic E-state index is -3.86. The Morgan fingerprint density at radius 3 is 2.33 bits per heavy atom. The second-order valence-corrected chi connectivity index (χ2v) is 8.67. The molecule has 0 heterocycles. The Hall–Kier alpha value is -1.44. The van der Waals surface area contributed by atoms with Crippen molar-refractivity contribution in [3.05, 3.63) is 29.8 Å². The number of rotatable bonds is 8. The number of nitrogens with one attached hydrogen (secondary N) is 1. The van der Waals surface area contributed by atoms with E-state index >= 15 is 0 Å². The van der Waals surface area contributed by atoms with Crippen molar-refractivity contribution < 1.29 is 18.4 Å². The minimum Gasteiger partial charge on any atom is -0.289 e. The smallest absolute Gasteiger partial charge is 0.262 e. The zero-order valence-electron chi connectivity index (χ0n) is 15.0. The summed E-state index contributed by atoms with van der Waals surface area (Å²) in [6.45, 7) is 9.53. The van der Waals surface area contributed by atoms with Gasteiger partial charge in [-0.25, -0.2) is 13.9 Å². The predicted molar refractivity (Wildman–Crippen MR) is 93.1 cm³/mol. The van der Waals surface area contributed by atoms with Crippen LogP contribution in [0.2, 0.25) is 0 Å². The second kappa shape index (κ2) is 8.60. The monoisotopic (exact) mass is 356 g/mol. The highest BCUT2D eigenvalue weighted by molar-refractivity contribution is 7.89. The number of carbonyl (C=O) groups excluding carboxylic acids is 1. The molecule has 24 heavy (non-hydrogen) atoms. The van der Waals surface area contributed by atoms with Gasteiger partial charge in [-0.3, -0.25) is 10.0 Å². The van der Waals surface area contributed by atoms with Gasteiger partial charge in [-0.05, 0) is 42.9 Å². The van der Waals surface area contributed by atoms with Gasteiger partial charge in [0.05, 0.1) is 4.90 Å². The lowest BCUT2D eigenvalue weighted by Gasteiger charge is -2.32. The van der Waals surface area contributed by atoms with Crippen molar-refractivity contribution in [3.63, 3.8) is 0 Å². The predicted octanol–water partition coefficient (Wildman–Crippen LogP) is 2.56. The van der Waals surface area contributed by atoms with E-state index in [1.165, 1.54) is 10.4 Å². The maximum Gasteiger partial charge on any atom is 0.262 e. The summed E-state index contributed by atoms with van der Waals surface area (Å²) in [7, 11) is -3.86. The largest absolute Gasteiger partial charge is 0.289 e. The first-order valence-electron chi connectivity index (χ1n) is 8.13. The fourth-order valence-corrected chi connectivity index (χ4v) is 4.38. The van der Waals surface area contributed by atoms with Crippen LogP contribution in [0.5, 0.6) is 0 Å². The van der Waals surface area contributed by atoms with Gasteiger partial charge in [0.2, 0.25) is 10.0 Å². The summed E-state index contributed by atoms with van der Waals surface area (Å²) < 4.78 is 27.5. The Morgan fingerprint density at radius 2 is 1.88 bits per heavy atom. The number of nitrogens with zero attached hydrogens (tertiary/aromatic N) is 1. The molecule has 1 atom stereocenters. The zero-order chi connectivity index (χ0) is 18.5. The average Bonchev–Trinajstić information content (AvgIpc) is 2.49. The standard InChI is InChI=1S/C17H28N2O4S/c1-12(2)9-10-19(16(13(3)4)17(20)18-21)24(22,23)15-8-6-7-14(5)11-15/h6-8,11-13,16,21H,9-10H2,1-5H3,(H,18,20)/t16-/m1/s1. The summed E-state index contributed by atoms with van der Waals surface area (Å²) in [5.41, 5.74) is 2.43. The molecule has 0 unspecified atom stereocenters. The number of hydrogen-bond acceptors (Lipinski definition) is 4. The van der Waals surface area contributed by atoms with Crippen LogP contribution in [-0.2, 0) is 14.8 Å². The van der Waals surface area contributed by atoms with E-state index in [4.69, 9.17) is 5.21 Å². The molecule has 0 radical (unpaired) electrons. The fraction of sp³-hybridized carbons (Fsp3) is 0.588. The molecule has 0 spiro atoms. The molecular formula is C17H28N2O4S. The molecule has 0 aromatic heterocycles. The third-order valence-corrected chi connectivity index (χ3v) is 5.72. The van der Waals surface area contributed by atoms with Crippen LogP contribution in [0.15, 0.2) is 29.2 Å². The van der Waals surface area contributed by atoms with Crippen molar-refractivity contribution in [1.82, 2.24) is 9.79 Å². The Labute approximate surface area is 144 Å². The van der Waals surface area contributed by atoms with E-state index in [0.29, 0.717) is 6.42 Å². The molecular weight excluding hydrogens is 328 g/mol. The first kappa shape index (κ1) is 20.6. The van der Waals surface area contributed by atoms with Gasteiger partial charge in [-0.2, -0.15) is 4.31 Å². The van der Waals surface area contributed by atoms with Crippen molar-refractivity contribution in [3.8, 4) is 0 Å². The maximum atomic E-state index is 13.1. The van der Waals surface area contributed by atoms with Crippen LogP contribution in [0.4, 0.5) is 0 Å². The second-order valence-electron chi connectivity index (χ2n) is 6.78. The topological polar surface area (TPSA) is 86.7 Å². The first-order valence-corrected chi connectivity index (χ1v) is 9.57. The average molecular weight is 356 g/mol. The number of hydroxylamine groups is 1. The van der Waals surface area contributed by atoms with E-state index in [2.05, 4.69) is 0 Å². The van der Waals surface area contributed by atoms with E-state index in [1.54, 1.807) is 31.5 Å². The normalized spacial score (nSPS) is 13.5. The SMILES string of the molecule is Cc1cccc(S(=O)(=O)N(CCC(C)C)[C@@H](C(=O)NO)C(C)C)c1. The number of carbonyl (C=O) groups is 1. The van der Waals surface area contributed by atoms with Gasteiger partial charge in [0.25, 0.3) is 5.91 Å². The van der Waals surface area contributed by atoms with Crippen LogP contribution in [0.3, 0.4) is 0 Å². The lowest BCUT2D eigenvalue weighted by molar-refractivity contribution is -0.134. The third kappa shape index (κ3) is 5.03. The highest BCUT2D eigenvalue weighted by atomic mass is 32.2. The highest BCUT2D eigenvalue weighted by Crippen LogP contribution is 2.24. The molecule has 1 amide bonds. The molecule has 0 aliphatic heterocycles. The molecule has 7 heteroatoms. The van der Waals surface area contributed by atoms with Crippen molar-refractivity contribution >= 4 is 15.9 Å². The summed E-state index contributed by atoms with van der Waals surface area (Å²) in [5.74, 6) is -0.723. The van der Waals surface area contributed by atoms with E-state index < -0.39 is 22.0 Å². The zero-order valence-corrected chi connectivity index (χ0v) is 15.8. The first-order chi connectivity index (χ1) is 11.1. The summed E-state index contributed by atoms with van der Waals surface area (Å²) in [4.78, 5) is 12.3. The minimum absolute atomic E-state index is 0.155. The lowest BCUT2D eigenvalue weighted by Crippen LogP contribution is -2.52. The maximum absolute atomic E-state index is 13.1. The van der Waals surface area contributed by atoms with Crippen molar-refractivity contribution in [2.45, 2.75) is 52.0 Å². The summed E-state index contributed by atoms with van der Waals surface area (Å²) >= 11 is 0. The molecule has 0 saturated carbocycles. The van der Waals surface area contributed by atoms with E-state index in [0.717, 1.165) is 5.56 Å². The Bertz CT molecular complexity index is 656. The molecule has 0 aliphatic carbocycles. The summed E-state index contributed by atoms with van der Waals surface area (Å²) in [6.07, 6.45) is 0.618. The third-order valence-electron chi connectivity index (χ3n) is 3.84.